The van der Waals surface area contributed by atoms with E-state index in [2.05, 4.69) is 6.92 Å². The van der Waals surface area contributed by atoms with Gasteiger partial charge in [0.05, 0.1) is 0 Å². The molecule has 2 heteroatoms. The first-order valence-electron chi connectivity index (χ1n) is 6.45. The molecule has 0 aliphatic heterocycles. The van der Waals surface area contributed by atoms with E-state index in [4.69, 9.17) is 0 Å². The van der Waals surface area contributed by atoms with E-state index in [1.165, 1.54) is 12.8 Å². The third kappa shape index (κ3) is 3.58. The minimum Gasteiger partial charge on any atom is -0.508 e. The van der Waals surface area contributed by atoms with Gasteiger partial charge in [0.25, 0.3) is 0 Å². The molecule has 0 amide bonds. The Morgan fingerprint density at radius 3 is 2.41 bits per heavy atom. The molecule has 0 atom stereocenters. The van der Waals surface area contributed by atoms with E-state index >= 15 is 0 Å². The largest absolute Gasteiger partial charge is 0.508 e. The number of benzene rings is 1. The molecule has 17 heavy (non-hydrogen) atoms. The van der Waals surface area contributed by atoms with Gasteiger partial charge in [0.15, 0.2) is 5.78 Å². The minimum absolute atomic E-state index is 0.0365. The topological polar surface area (TPSA) is 37.3 Å². The maximum Gasteiger partial charge on any atom is 0.160 e. The van der Waals surface area contributed by atoms with Crippen LogP contribution in [0.15, 0.2) is 12.1 Å². The van der Waals surface area contributed by atoms with Crippen molar-refractivity contribution in [1.82, 2.24) is 0 Å². The summed E-state index contributed by atoms with van der Waals surface area (Å²) in [6.45, 7) is 5.74. The summed E-state index contributed by atoms with van der Waals surface area (Å²) in [4.78, 5) is 11.5. The summed E-state index contributed by atoms with van der Waals surface area (Å²) in [7, 11) is 0. The molecule has 1 rings (SSSR count). The molecule has 0 heterocycles. The van der Waals surface area contributed by atoms with Gasteiger partial charge in [-0.3, -0.25) is 4.79 Å². The van der Waals surface area contributed by atoms with Crippen LogP contribution in [0.3, 0.4) is 0 Å². The van der Waals surface area contributed by atoms with Crippen LogP contribution in [-0.4, -0.2) is 10.9 Å². The number of Topliss-reactive ketones (excluding diaryl/α,β-unsaturated/α-hetero) is 1. The Morgan fingerprint density at radius 2 is 1.88 bits per heavy atom. The molecule has 0 aromatic heterocycles. The van der Waals surface area contributed by atoms with Gasteiger partial charge in [-0.25, -0.2) is 0 Å². The van der Waals surface area contributed by atoms with Gasteiger partial charge in [0.2, 0.25) is 0 Å². The number of aryl methyl sites for hydroxylation is 2. The lowest BCUT2D eigenvalue weighted by Gasteiger charge is -2.11. The Labute approximate surface area is 104 Å². The molecule has 0 aliphatic rings. The normalized spacial score (nSPS) is 10.5. The SMILES string of the molecule is CCCCCc1cc(CC)c(O)cc1C(C)=O. The number of unbranched alkanes of at least 4 members (excludes halogenated alkanes) is 2. The summed E-state index contributed by atoms with van der Waals surface area (Å²) < 4.78 is 0. The van der Waals surface area contributed by atoms with Crippen molar-refractivity contribution in [2.75, 3.05) is 0 Å². The maximum absolute atomic E-state index is 11.5. The molecular weight excluding hydrogens is 212 g/mol. The molecule has 0 spiro atoms. The Bertz CT molecular complexity index is 394. The van der Waals surface area contributed by atoms with E-state index < -0.39 is 0 Å². The van der Waals surface area contributed by atoms with Gasteiger partial charge < -0.3 is 5.11 Å². The highest BCUT2D eigenvalue weighted by Crippen LogP contribution is 2.25. The number of carbonyl (C=O) groups excluding carboxylic acids is 1. The monoisotopic (exact) mass is 234 g/mol. The van der Waals surface area contributed by atoms with Gasteiger partial charge in [0, 0.05) is 5.56 Å². The standard InChI is InChI=1S/C15H22O2/c1-4-6-7-8-13-9-12(5-2)15(17)10-14(13)11(3)16/h9-10,17H,4-8H2,1-3H3. The molecule has 0 bridgehead atoms. The van der Waals surface area contributed by atoms with E-state index in [-0.39, 0.29) is 11.5 Å². The van der Waals surface area contributed by atoms with Crippen LogP contribution in [0.25, 0.3) is 0 Å². The average molecular weight is 234 g/mol. The molecule has 0 aliphatic carbocycles. The van der Waals surface area contributed by atoms with Gasteiger partial charge in [0.1, 0.15) is 5.75 Å². The van der Waals surface area contributed by atoms with Gasteiger partial charge >= 0.3 is 0 Å². The fraction of sp³-hybridized carbons (Fsp3) is 0.533. The average Bonchev–Trinajstić information content (AvgIpc) is 2.30. The van der Waals surface area contributed by atoms with Gasteiger partial charge in [-0.2, -0.15) is 0 Å². The first-order valence-corrected chi connectivity index (χ1v) is 6.45. The van der Waals surface area contributed by atoms with E-state index in [1.807, 2.05) is 13.0 Å². The fourth-order valence-corrected chi connectivity index (χ4v) is 2.07. The second-order valence-corrected chi connectivity index (χ2v) is 4.50. The van der Waals surface area contributed by atoms with Gasteiger partial charge in [-0.15, -0.1) is 0 Å². The second kappa shape index (κ2) is 6.43. The third-order valence-corrected chi connectivity index (χ3v) is 3.11. The van der Waals surface area contributed by atoms with E-state index in [9.17, 15) is 9.90 Å². The van der Waals surface area contributed by atoms with Crippen LogP contribution >= 0.6 is 0 Å². The highest BCUT2D eigenvalue weighted by Gasteiger charge is 2.11. The van der Waals surface area contributed by atoms with Crippen molar-refractivity contribution in [3.8, 4) is 5.75 Å². The molecule has 94 valence electrons. The maximum atomic E-state index is 11.5. The zero-order valence-corrected chi connectivity index (χ0v) is 11.0. The minimum atomic E-state index is 0.0365. The number of phenolic OH excluding ortho intramolecular Hbond substituents is 1. The molecular formula is C15H22O2. The number of hydrogen-bond donors (Lipinski definition) is 1. The number of rotatable bonds is 6. The Morgan fingerprint density at radius 1 is 1.18 bits per heavy atom. The lowest BCUT2D eigenvalue weighted by molar-refractivity contribution is 0.101. The van der Waals surface area contributed by atoms with E-state index in [0.29, 0.717) is 5.56 Å². The van der Waals surface area contributed by atoms with Crippen LogP contribution in [0.4, 0.5) is 0 Å². The lowest BCUT2D eigenvalue weighted by Crippen LogP contribution is -2.01. The molecule has 2 nitrogen and oxygen atoms in total. The second-order valence-electron chi connectivity index (χ2n) is 4.50. The zero-order chi connectivity index (χ0) is 12.8. The molecule has 0 radical (unpaired) electrons. The van der Waals surface area contributed by atoms with Crippen LogP contribution < -0.4 is 0 Å². The number of phenols is 1. The summed E-state index contributed by atoms with van der Waals surface area (Å²) in [6, 6.07) is 3.62. The van der Waals surface area contributed by atoms with Crippen molar-refractivity contribution >= 4 is 5.78 Å². The molecule has 1 N–H and O–H groups in total. The predicted molar refractivity (Wildman–Crippen MR) is 70.7 cm³/mol. The van der Waals surface area contributed by atoms with Crippen LogP contribution in [0.2, 0.25) is 0 Å². The molecule has 1 aromatic carbocycles. The Hall–Kier alpha value is -1.31. The summed E-state index contributed by atoms with van der Waals surface area (Å²) in [5, 5.41) is 9.78. The van der Waals surface area contributed by atoms with Crippen LogP contribution in [0.1, 0.15) is 61.5 Å². The highest BCUT2D eigenvalue weighted by molar-refractivity contribution is 5.96. The highest BCUT2D eigenvalue weighted by atomic mass is 16.3. The first kappa shape index (κ1) is 13.8. The molecule has 0 fully saturated rings. The molecule has 0 saturated heterocycles. The fourth-order valence-electron chi connectivity index (χ4n) is 2.07. The number of ketones is 1. The van der Waals surface area contributed by atoms with Crippen molar-refractivity contribution in [2.45, 2.75) is 52.9 Å². The van der Waals surface area contributed by atoms with Crippen molar-refractivity contribution in [1.29, 1.82) is 0 Å². The number of carbonyl (C=O) groups is 1. The molecule has 0 unspecified atom stereocenters. The lowest BCUT2D eigenvalue weighted by atomic mass is 9.95. The third-order valence-electron chi connectivity index (χ3n) is 3.11. The van der Waals surface area contributed by atoms with E-state index in [1.54, 1.807) is 13.0 Å². The predicted octanol–water partition coefficient (Wildman–Crippen LogP) is 3.89. The first-order chi connectivity index (χ1) is 8.10. The Balaban J connectivity index is 3.01. The van der Waals surface area contributed by atoms with Crippen LogP contribution in [0.5, 0.6) is 5.75 Å². The molecule has 0 saturated carbocycles. The van der Waals surface area contributed by atoms with Crippen molar-refractivity contribution < 1.29 is 9.90 Å². The number of hydrogen-bond acceptors (Lipinski definition) is 2. The van der Waals surface area contributed by atoms with Gasteiger partial charge in [-0.05, 0) is 43.4 Å². The van der Waals surface area contributed by atoms with Crippen LogP contribution in [0, 0.1) is 0 Å². The number of aromatic hydroxyl groups is 1. The van der Waals surface area contributed by atoms with Gasteiger partial charge in [-0.1, -0.05) is 32.8 Å². The zero-order valence-electron chi connectivity index (χ0n) is 11.0. The molecule has 1 aromatic rings. The summed E-state index contributed by atoms with van der Waals surface area (Å²) in [5.74, 6) is 0.284. The van der Waals surface area contributed by atoms with Crippen molar-refractivity contribution in [3.63, 3.8) is 0 Å². The summed E-state index contributed by atoms with van der Waals surface area (Å²) in [5.41, 5.74) is 2.69. The van der Waals surface area contributed by atoms with Crippen molar-refractivity contribution in [3.05, 3.63) is 28.8 Å². The quantitative estimate of drug-likeness (QED) is 0.599. The summed E-state index contributed by atoms with van der Waals surface area (Å²) >= 11 is 0. The van der Waals surface area contributed by atoms with E-state index in [0.717, 1.165) is 30.4 Å². The smallest absolute Gasteiger partial charge is 0.160 e. The summed E-state index contributed by atoms with van der Waals surface area (Å²) in [6.07, 6.45) is 5.18. The van der Waals surface area contributed by atoms with Crippen molar-refractivity contribution in [2.24, 2.45) is 0 Å². The van der Waals surface area contributed by atoms with Crippen LogP contribution in [-0.2, 0) is 12.8 Å². The Kier molecular flexibility index (Phi) is 5.20.